The number of nitrogens with zero attached hydrogens (tertiary/aromatic N) is 3. The van der Waals surface area contributed by atoms with Gasteiger partial charge in [-0.05, 0) is 19.1 Å². The molecule has 0 aliphatic heterocycles. The molecule has 0 spiro atoms. The number of nitrogens with one attached hydrogen (secondary N) is 1. The van der Waals surface area contributed by atoms with Crippen LogP contribution >= 0.6 is 0 Å². The molecule has 2 heterocycles. The number of rotatable bonds is 5. The van der Waals surface area contributed by atoms with E-state index in [1.54, 1.807) is 42.3 Å². The maximum absolute atomic E-state index is 11.6. The summed E-state index contributed by atoms with van der Waals surface area (Å²) in [5.74, 6) is -0.982. The molecular formula is C13H14N4O3. The fraction of sp³-hybridized carbons (Fsp3) is 0.231. The van der Waals surface area contributed by atoms with Crippen LogP contribution in [-0.2, 0) is 14.3 Å². The highest BCUT2D eigenvalue weighted by Crippen LogP contribution is 2.10. The lowest BCUT2D eigenvalue weighted by molar-refractivity contribution is -0.145. The van der Waals surface area contributed by atoms with E-state index in [4.69, 9.17) is 4.74 Å². The molecule has 1 N–H and O–H groups in total. The van der Waals surface area contributed by atoms with E-state index >= 15 is 0 Å². The summed E-state index contributed by atoms with van der Waals surface area (Å²) in [6.07, 6.45) is 6.14. The quantitative estimate of drug-likeness (QED) is 0.653. The molecule has 0 unspecified atom stereocenters. The molecule has 0 radical (unpaired) electrons. The molecule has 0 bridgehead atoms. The van der Waals surface area contributed by atoms with Gasteiger partial charge in [0.25, 0.3) is 0 Å². The van der Waals surface area contributed by atoms with Gasteiger partial charge in [-0.15, -0.1) is 0 Å². The van der Waals surface area contributed by atoms with E-state index in [1.165, 1.54) is 6.20 Å². The highest BCUT2D eigenvalue weighted by Gasteiger charge is 2.11. The molecular weight excluding hydrogens is 260 g/mol. The van der Waals surface area contributed by atoms with Gasteiger partial charge in [-0.25, -0.2) is 4.68 Å². The van der Waals surface area contributed by atoms with E-state index in [-0.39, 0.29) is 13.0 Å². The molecule has 0 saturated carbocycles. The van der Waals surface area contributed by atoms with E-state index in [1.807, 2.05) is 0 Å². The van der Waals surface area contributed by atoms with Gasteiger partial charge in [-0.3, -0.25) is 14.6 Å². The lowest BCUT2D eigenvalue weighted by Crippen LogP contribution is -2.17. The van der Waals surface area contributed by atoms with Crippen LogP contribution in [0.5, 0.6) is 0 Å². The Morgan fingerprint density at radius 1 is 1.35 bits per heavy atom. The topological polar surface area (TPSA) is 86.1 Å². The van der Waals surface area contributed by atoms with Crippen LogP contribution in [0, 0.1) is 0 Å². The Labute approximate surface area is 115 Å². The Balaban J connectivity index is 1.96. The first-order valence-corrected chi connectivity index (χ1v) is 6.09. The summed E-state index contributed by atoms with van der Waals surface area (Å²) >= 11 is 0. The summed E-state index contributed by atoms with van der Waals surface area (Å²) in [5.41, 5.74) is 1.34. The Morgan fingerprint density at radius 2 is 2.10 bits per heavy atom. The zero-order valence-electron chi connectivity index (χ0n) is 10.9. The molecule has 0 aliphatic carbocycles. The molecule has 0 aromatic carbocycles. The summed E-state index contributed by atoms with van der Waals surface area (Å²) < 4.78 is 6.30. The molecule has 104 valence electrons. The van der Waals surface area contributed by atoms with Crippen LogP contribution in [-0.4, -0.2) is 33.2 Å². The van der Waals surface area contributed by atoms with E-state index in [9.17, 15) is 9.59 Å². The van der Waals surface area contributed by atoms with Crippen molar-refractivity contribution in [2.75, 3.05) is 11.9 Å². The van der Waals surface area contributed by atoms with E-state index < -0.39 is 11.9 Å². The standard InChI is InChI=1S/C13H14N4O3/c1-2-20-13(19)7-12(18)16-10-8-15-17(9-10)11-3-5-14-6-4-11/h3-6,8-9H,2,7H2,1H3,(H,16,18). The molecule has 7 nitrogen and oxygen atoms in total. The number of hydrogen-bond acceptors (Lipinski definition) is 5. The van der Waals surface area contributed by atoms with Crippen LogP contribution in [0.2, 0.25) is 0 Å². The summed E-state index contributed by atoms with van der Waals surface area (Å²) in [7, 11) is 0. The van der Waals surface area contributed by atoms with Crippen LogP contribution in [0.4, 0.5) is 5.69 Å². The number of esters is 1. The van der Waals surface area contributed by atoms with Crippen molar-refractivity contribution in [1.82, 2.24) is 14.8 Å². The summed E-state index contributed by atoms with van der Waals surface area (Å²) in [5, 5.41) is 6.70. The van der Waals surface area contributed by atoms with E-state index in [0.717, 1.165) is 5.69 Å². The van der Waals surface area contributed by atoms with Crippen LogP contribution in [0.1, 0.15) is 13.3 Å². The third kappa shape index (κ3) is 3.64. The van der Waals surface area contributed by atoms with Gasteiger partial charge in [-0.1, -0.05) is 0 Å². The zero-order valence-corrected chi connectivity index (χ0v) is 10.9. The van der Waals surface area contributed by atoms with Crippen molar-refractivity contribution in [3.63, 3.8) is 0 Å². The predicted octanol–water partition coefficient (Wildman–Crippen LogP) is 1.16. The number of carbonyl (C=O) groups is 2. The number of carbonyl (C=O) groups excluding carboxylic acids is 2. The van der Waals surface area contributed by atoms with Crippen LogP contribution in [0.15, 0.2) is 36.9 Å². The van der Waals surface area contributed by atoms with Crippen molar-refractivity contribution in [2.24, 2.45) is 0 Å². The maximum atomic E-state index is 11.6. The average molecular weight is 274 g/mol. The van der Waals surface area contributed by atoms with Crippen LogP contribution in [0.25, 0.3) is 5.69 Å². The predicted molar refractivity (Wildman–Crippen MR) is 71.2 cm³/mol. The van der Waals surface area contributed by atoms with Crippen LogP contribution < -0.4 is 5.32 Å². The first-order chi connectivity index (χ1) is 9.69. The largest absolute Gasteiger partial charge is 0.466 e. The van der Waals surface area contributed by atoms with Gasteiger partial charge >= 0.3 is 5.97 Å². The molecule has 2 rings (SSSR count). The van der Waals surface area contributed by atoms with Gasteiger partial charge in [0.05, 0.1) is 30.4 Å². The monoisotopic (exact) mass is 274 g/mol. The van der Waals surface area contributed by atoms with Crippen molar-refractivity contribution in [2.45, 2.75) is 13.3 Å². The minimum Gasteiger partial charge on any atom is -0.466 e. The second-order valence-electron chi connectivity index (χ2n) is 3.91. The van der Waals surface area contributed by atoms with Gasteiger partial charge in [-0.2, -0.15) is 5.10 Å². The van der Waals surface area contributed by atoms with Crippen molar-refractivity contribution in [1.29, 1.82) is 0 Å². The SMILES string of the molecule is CCOC(=O)CC(=O)Nc1cnn(-c2ccncc2)c1. The molecule has 7 heteroatoms. The lowest BCUT2D eigenvalue weighted by atomic mass is 10.4. The first-order valence-electron chi connectivity index (χ1n) is 6.09. The van der Waals surface area contributed by atoms with Gasteiger partial charge in [0.2, 0.25) is 5.91 Å². The van der Waals surface area contributed by atoms with Gasteiger partial charge in [0, 0.05) is 12.4 Å². The summed E-state index contributed by atoms with van der Waals surface area (Å²) in [6, 6.07) is 3.58. The third-order valence-corrected chi connectivity index (χ3v) is 2.40. The van der Waals surface area contributed by atoms with Gasteiger partial charge in [0.1, 0.15) is 6.42 Å². The molecule has 0 fully saturated rings. The molecule has 0 saturated heterocycles. The number of ether oxygens (including phenoxy) is 1. The van der Waals surface area contributed by atoms with E-state index in [2.05, 4.69) is 15.4 Å². The van der Waals surface area contributed by atoms with Gasteiger partial charge in [0.15, 0.2) is 0 Å². The normalized spacial score (nSPS) is 10.1. The number of amides is 1. The number of pyridine rings is 1. The second-order valence-corrected chi connectivity index (χ2v) is 3.91. The highest BCUT2D eigenvalue weighted by atomic mass is 16.5. The molecule has 20 heavy (non-hydrogen) atoms. The van der Waals surface area contributed by atoms with Crippen molar-refractivity contribution < 1.29 is 14.3 Å². The zero-order chi connectivity index (χ0) is 14.4. The fourth-order valence-electron chi connectivity index (χ4n) is 1.57. The number of aromatic nitrogens is 3. The smallest absolute Gasteiger partial charge is 0.315 e. The maximum Gasteiger partial charge on any atom is 0.315 e. The average Bonchev–Trinajstić information content (AvgIpc) is 2.88. The molecule has 2 aromatic rings. The second kappa shape index (κ2) is 6.46. The molecule has 0 atom stereocenters. The van der Waals surface area contributed by atoms with Crippen molar-refractivity contribution in [3.05, 3.63) is 36.9 Å². The minimum atomic E-state index is -0.550. The minimum absolute atomic E-state index is 0.256. The third-order valence-electron chi connectivity index (χ3n) is 2.40. The lowest BCUT2D eigenvalue weighted by Gasteiger charge is -2.02. The molecule has 1 amide bonds. The van der Waals surface area contributed by atoms with Crippen molar-refractivity contribution >= 4 is 17.6 Å². The Bertz CT molecular complexity index is 595. The molecule has 2 aromatic heterocycles. The molecule has 0 aliphatic rings. The Kier molecular flexibility index (Phi) is 4.43. The summed E-state index contributed by atoms with van der Waals surface area (Å²) in [4.78, 5) is 26.7. The van der Waals surface area contributed by atoms with E-state index in [0.29, 0.717) is 5.69 Å². The highest BCUT2D eigenvalue weighted by molar-refractivity contribution is 6.01. The fourth-order valence-corrected chi connectivity index (χ4v) is 1.57. The van der Waals surface area contributed by atoms with Crippen molar-refractivity contribution in [3.8, 4) is 5.69 Å². The number of hydrogen-bond donors (Lipinski definition) is 1. The first kappa shape index (κ1) is 13.7. The number of anilines is 1. The Hall–Kier alpha value is -2.70. The Morgan fingerprint density at radius 3 is 2.80 bits per heavy atom. The van der Waals surface area contributed by atoms with Gasteiger partial charge < -0.3 is 10.1 Å². The van der Waals surface area contributed by atoms with Crippen LogP contribution in [0.3, 0.4) is 0 Å². The summed E-state index contributed by atoms with van der Waals surface area (Å²) in [6.45, 7) is 1.95.